The van der Waals surface area contributed by atoms with Gasteiger partial charge in [-0.2, -0.15) is 0 Å². The molecule has 1 aromatic rings. The smallest absolute Gasteiger partial charge is 0.328 e. The highest BCUT2D eigenvalue weighted by molar-refractivity contribution is 5.86. The van der Waals surface area contributed by atoms with E-state index < -0.39 is 12.0 Å². The maximum atomic E-state index is 12.8. The van der Waals surface area contributed by atoms with Crippen LogP contribution in [0, 0.1) is 5.82 Å². The minimum atomic E-state index is -0.855. The molecule has 0 fully saturated rings. The largest absolute Gasteiger partial charge is 0.467 e. The molecule has 1 N–H and O–H groups in total. The molecule has 0 aromatic heterocycles. The van der Waals surface area contributed by atoms with Crippen molar-refractivity contribution in [3.05, 3.63) is 35.6 Å². The Bertz CT molecular complexity index is 513. The van der Waals surface area contributed by atoms with Crippen molar-refractivity contribution in [3.8, 4) is 0 Å². The van der Waals surface area contributed by atoms with Crippen LogP contribution in [0.2, 0.25) is 0 Å². The van der Waals surface area contributed by atoms with Crippen LogP contribution in [0.3, 0.4) is 0 Å². The van der Waals surface area contributed by atoms with Crippen molar-refractivity contribution in [2.24, 2.45) is 0 Å². The zero-order chi connectivity index (χ0) is 15.8. The lowest BCUT2D eigenvalue weighted by Gasteiger charge is -2.15. The number of carbonyl (C=O) groups is 3. The van der Waals surface area contributed by atoms with E-state index >= 15 is 0 Å². The Kier molecular flexibility index (Phi) is 6.52. The monoisotopic (exact) mass is 295 g/mol. The van der Waals surface area contributed by atoms with Gasteiger partial charge in [-0.25, -0.2) is 9.18 Å². The Hall–Kier alpha value is -2.24. The number of methoxy groups -OCH3 is 1. The molecule has 0 aliphatic heterocycles. The van der Waals surface area contributed by atoms with Gasteiger partial charge in [-0.1, -0.05) is 12.1 Å². The first-order valence-corrected chi connectivity index (χ1v) is 6.53. The highest BCUT2D eigenvalue weighted by atomic mass is 19.1. The van der Waals surface area contributed by atoms with E-state index in [-0.39, 0.29) is 36.8 Å². The van der Waals surface area contributed by atoms with Crippen LogP contribution in [0.5, 0.6) is 0 Å². The molecule has 1 atom stereocenters. The Morgan fingerprint density at radius 1 is 1.24 bits per heavy atom. The molecule has 0 saturated heterocycles. The third kappa shape index (κ3) is 6.16. The van der Waals surface area contributed by atoms with Crippen LogP contribution in [0.15, 0.2) is 24.3 Å². The van der Waals surface area contributed by atoms with E-state index in [1.54, 1.807) is 0 Å². The average molecular weight is 295 g/mol. The van der Waals surface area contributed by atoms with Crippen molar-refractivity contribution >= 4 is 17.7 Å². The number of carbonyl (C=O) groups excluding carboxylic acids is 3. The molecule has 6 heteroatoms. The second kappa shape index (κ2) is 8.14. The summed E-state index contributed by atoms with van der Waals surface area (Å²) >= 11 is 0. The van der Waals surface area contributed by atoms with Crippen molar-refractivity contribution in [1.29, 1.82) is 0 Å². The van der Waals surface area contributed by atoms with Gasteiger partial charge in [0.25, 0.3) is 0 Å². The number of halogens is 1. The van der Waals surface area contributed by atoms with Gasteiger partial charge in [-0.05, 0) is 31.0 Å². The minimum Gasteiger partial charge on any atom is -0.467 e. The van der Waals surface area contributed by atoms with Gasteiger partial charge >= 0.3 is 5.97 Å². The lowest BCUT2D eigenvalue weighted by Crippen LogP contribution is -2.42. The van der Waals surface area contributed by atoms with Crippen LogP contribution in [0.1, 0.15) is 25.3 Å². The van der Waals surface area contributed by atoms with E-state index in [1.807, 2.05) is 0 Å². The molecule has 1 amide bonds. The number of amides is 1. The summed E-state index contributed by atoms with van der Waals surface area (Å²) in [6.07, 6.45) is 0.390. The lowest BCUT2D eigenvalue weighted by atomic mass is 10.1. The van der Waals surface area contributed by atoms with Crippen LogP contribution in [0.4, 0.5) is 4.39 Å². The standard InChI is InChI=1S/C15H18FNO4/c1-10(18)3-8-13(15(20)21-2)17-14(19)9-11-4-6-12(16)7-5-11/h4-7,13H,3,8-9H2,1-2H3,(H,17,19)/t13-/m1/s1. The number of ketones is 1. The third-order valence-corrected chi connectivity index (χ3v) is 2.88. The van der Waals surface area contributed by atoms with Gasteiger partial charge in [-0.15, -0.1) is 0 Å². The summed E-state index contributed by atoms with van der Waals surface area (Å²) in [4.78, 5) is 34.4. The molecule has 0 aliphatic carbocycles. The molecule has 0 radical (unpaired) electrons. The number of hydrogen-bond donors (Lipinski definition) is 1. The van der Waals surface area contributed by atoms with Crippen LogP contribution in [-0.2, 0) is 25.5 Å². The van der Waals surface area contributed by atoms with Crippen molar-refractivity contribution in [3.63, 3.8) is 0 Å². The Morgan fingerprint density at radius 2 is 1.86 bits per heavy atom. The number of benzene rings is 1. The van der Waals surface area contributed by atoms with Crippen molar-refractivity contribution in [2.75, 3.05) is 7.11 Å². The molecule has 5 nitrogen and oxygen atoms in total. The average Bonchev–Trinajstić information content (AvgIpc) is 2.44. The normalized spacial score (nSPS) is 11.6. The number of hydrogen-bond acceptors (Lipinski definition) is 4. The SMILES string of the molecule is COC(=O)[C@@H](CCC(C)=O)NC(=O)Cc1ccc(F)cc1. The fourth-order valence-corrected chi connectivity index (χ4v) is 1.77. The second-order valence-corrected chi connectivity index (χ2v) is 4.69. The van der Waals surface area contributed by atoms with Crippen molar-refractivity contribution in [1.82, 2.24) is 5.32 Å². The maximum absolute atomic E-state index is 12.8. The van der Waals surface area contributed by atoms with Gasteiger partial charge in [0, 0.05) is 6.42 Å². The van der Waals surface area contributed by atoms with Gasteiger partial charge in [0.1, 0.15) is 17.6 Å². The molecule has 0 bridgehead atoms. The van der Waals surface area contributed by atoms with E-state index in [1.165, 1.54) is 38.3 Å². The molecule has 0 spiro atoms. The van der Waals surface area contributed by atoms with E-state index in [0.717, 1.165) is 0 Å². The van der Waals surface area contributed by atoms with Gasteiger partial charge < -0.3 is 14.8 Å². The molecule has 1 rings (SSSR count). The first-order valence-electron chi connectivity index (χ1n) is 6.53. The predicted molar refractivity (Wildman–Crippen MR) is 74.0 cm³/mol. The number of ether oxygens (including phenoxy) is 1. The summed E-state index contributed by atoms with van der Waals surface area (Å²) in [5.41, 5.74) is 0.629. The fourth-order valence-electron chi connectivity index (χ4n) is 1.77. The summed E-state index contributed by atoms with van der Waals surface area (Å²) in [7, 11) is 1.22. The van der Waals surface area contributed by atoms with Crippen LogP contribution >= 0.6 is 0 Å². The number of esters is 1. The predicted octanol–water partition coefficient (Wildman–Crippen LogP) is 1.40. The second-order valence-electron chi connectivity index (χ2n) is 4.69. The zero-order valence-corrected chi connectivity index (χ0v) is 12.0. The van der Waals surface area contributed by atoms with Gasteiger partial charge in [0.15, 0.2) is 0 Å². The summed E-state index contributed by atoms with van der Waals surface area (Å²) in [5, 5.41) is 2.53. The Labute approximate surface area is 122 Å². The maximum Gasteiger partial charge on any atom is 0.328 e. The molecular formula is C15H18FNO4. The molecule has 0 aliphatic rings. The molecule has 1 aromatic carbocycles. The quantitative estimate of drug-likeness (QED) is 0.772. The van der Waals surface area contributed by atoms with Crippen LogP contribution in [-0.4, -0.2) is 30.8 Å². The summed E-state index contributed by atoms with van der Waals surface area (Å²) in [6, 6.07) is 4.66. The third-order valence-electron chi connectivity index (χ3n) is 2.88. The Balaban J connectivity index is 2.60. The van der Waals surface area contributed by atoms with Crippen LogP contribution in [0.25, 0.3) is 0 Å². The van der Waals surface area contributed by atoms with Crippen LogP contribution < -0.4 is 5.32 Å². The van der Waals surface area contributed by atoms with Gasteiger partial charge in [0.2, 0.25) is 5.91 Å². The molecule has 114 valence electrons. The molecular weight excluding hydrogens is 277 g/mol. The number of rotatable bonds is 7. The molecule has 0 saturated carbocycles. The van der Waals surface area contributed by atoms with Gasteiger partial charge in [-0.3, -0.25) is 4.79 Å². The first kappa shape index (κ1) is 16.8. The van der Waals surface area contributed by atoms with E-state index in [4.69, 9.17) is 0 Å². The van der Waals surface area contributed by atoms with E-state index in [9.17, 15) is 18.8 Å². The molecule has 0 unspecified atom stereocenters. The summed E-state index contributed by atoms with van der Waals surface area (Å²) in [5.74, 6) is -1.44. The van der Waals surface area contributed by atoms with E-state index in [0.29, 0.717) is 5.56 Å². The lowest BCUT2D eigenvalue weighted by molar-refractivity contribution is -0.145. The molecule has 21 heavy (non-hydrogen) atoms. The summed E-state index contributed by atoms with van der Waals surface area (Å²) in [6.45, 7) is 1.41. The van der Waals surface area contributed by atoms with Gasteiger partial charge in [0.05, 0.1) is 13.5 Å². The highest BCUT2D eigenvalue weighted by Gasteiger charge is 2.21. The minimum absolute atomic E-state index is 0.0217. The molecule has 0 heterocycles. The first-order chi connectivity index (χ1) is 9.92. The summed E-state index contributed by atoms with van der Waals surface area (Å²) < 4.78 is 17.4. The number of nitrogens with one attached hydrogen (secondary N) is 1. The van der Waals surface area contributed by atoms with Crippen molar-refractivity contribution in [2.45, 2.75) is 32.2 Å². The Morgan fingerprint density at radius 3 is 2.38 bits per heavy atom. The fraction of sp³-hybridized carbons (Fsp3) is 0.400. The topological polar surface area (TPSA) is 72.5 Å². The zero-order valence-electron chi connectivity index (χ0n) is 12.0. The van der Waals surface area contributed by atoms with E-state index in [2.05, 4.69) is 10.1 Å². The van der Waals surface area contributed by atoms with Crippen molar-refractivity contribution < 1.29 is 23.5 Å². The number of Topliss-reactive ketones (excluding diaryl/α,β-unsaturated/α-hetero) is 1. The highest BCUT2D eigenvalue weighted by Crippen LogP contribution is 2.05.